The van der Waals surface area contributed by atoms with Crippen LogP contribution >= 0.6 is 8.15 Å². The minimum atomic E-state index is -1.18. The molecule has 1 atom stereocenters. The van der Waals surface area contributed by atoms with Crippen LogP contribution in [0.1, 0.15) is 5.56 Å². The van der Waals surface area contributed by atoms with Gasteiger partial charge in [-0.3, -0.25) is 0 Å². The molecular formula is C13H16BOP. The molecule has 0 bridgehead atoms. The molecule has 2 aromatic carbocycles. The third-order valence-corrected chi connectivity index (χ3v) is 3.85. The Hall–Kier alpha value is -1.11. The molecule has 0 aliphatic rings. The van der Waals surface area contributed by atoms with E-state index < -0.39 is 8.15 Å². The number of hydrogen-bond donors (Lipinski definition) is 1. The maximum atomic E-state index is 10.1. The van der Waals surface area contributed by atoms with Crippen molar-refractivity contribution < 1.29 is 4.89 Å². The standard InChI is InChI=1S/C13H13OP.BH3/c1-11-7-9-13(10-8-11)15(14)12-5-3-2-4-6-12;/h2-10,14H,1H3;1H3. The quantitative estimate of drug-likeness (QED) is 0.606. The first-order valence-electron chi connectivity index (χ1n) is 4.88. The zero-order valence-corrected chi connectivity index (χ0v) is 9.49. The van der Waals surface area contributed by atoms with E-state index in [9.17, 15) is 4.89 Å². The normalized spacial score (nSPS) is 11.6. The van der Waals surface area contributed by atoms with Crippen molar-refractivity contribution in [2.75, 3.05) is 0 Å². The van der Waals surface area contributed by atoms with E-state index in [1.54, 1.807) is 0 Å². The van der Waals surface area contributed by atoms with E-state index in [0.717, 1.165) is 10.6 Å². The molecule has 2 rings (SSSR count). The van der Waals surface area contributed by atoms with E-state index in [1.807, 2.05) is 61.5 Å². The highest BCUT2D eigenvalue weighted by Gasteiger charge is 2.08. The number of hydrogen-bond acceptors (Lipinski definition) is 1. The third kappa shape index (κ3) is 2.94. The van der Waals surface area contributed by atoms with Crippen LogP contribution < -0.4 is 10.6 Å². The van der Waals surface area contributed by atoms with Gasteiger partial charge in [0, 0.05) is 10.6 Å². The summed E-state index contributed by atoms with van der Waals surface area (Å²) in [5.41, 5.74) is 1.22. The lowest BCUT2D eigenvalue weighted by Crippen LogP contribution is -2.10. The maximum Gasteiger partial charge on any atom is 0.0877 e. The molecule has 0 aromatic heterocycles. The summed E-state index contributed by atoms with van der Waals surface area (Å²) in [5.74, 6) is 0. The first-order valence-corrected chi connectivity index (χ1v) is 6.17. The largest absolute Gasteiger partial charge is 0.364 e. The van der Waals surface area contributed by atoms with Gasteiger partial charge in [-0.05, 0) is 6.92 Å². The van der Waals surface area contributed by atoms with Crippen molar-refractivity contribution in [3.05, 3.63) is 60.2 Å². The van der Waals surface area contributed by atoms with Crippen molar-refractivity contribution in [1.82, 2.24) is 0 Å². The minimum Gasteiger partial charge on any atom is -0.364 e. The molecule has 0 saturated heterocycles. The van der Waals surface area contributed by atoms with E-state index in [4.69, 9.17) is 0 Å². The Morgan fingerprint density at radius 1 is 0.812 bits per heavy atom. The first kappa shape index (κ1) is 13.0. The number of rotatable bonds is 2. The lowest BCUT2D eigenvalue weighted by atomic mass is 10.2. The third-order valence-electron chi connectivity index (χ3n) is 2.28. The van der Waals surface area contributed by atoms with Crippen molar-refractivity contribution in [3.63, 3.8) is 0 Å². The van der Waals surface area contributed by atoms with Crippen LogP contribution in [-0.4, -0.2) is 13.3 Å². The highest BCUT2D eigenvalue weighted by atomic mass is 31.1. The van der Waals surface area contributed by atoms with Crippen molar-refractivity contribution in [3.8, 4) is 0 Å². The molecule has 3 heteroatoms. The maximum absolute atomic E-state index is 10.1. The Morgan fingerprint density at radius 2 is 1.31 bits per heavy atom. The first-order chi connectivity index (χ1) is 7.27. The summed E-state index contributed by atoms with van der Waals surface area (Å²) < 4.78 is 0. The van der Waals surface area contributed by atoms with E-state index in [1.165, 1.54) is 5.56 Å². The summed E-state index contributed by atoms with van der Waals surface area (Å²) in [7, 11) is -1.18. The fourth-order valence-electron chi connectivity index (χ4n) is 1.40. The summed E-state index contributed by atoms with van der Waals surface area (Å²) in [6.45, 7) is 2.05. The molecule has 0 aliphatic carbocycles. The molecule has 0 fully saturated rings. The molecule has 2 aromatic rings. The molecule has 0 spiro atoms. The summed E-state index contributed by atoms with van der Waals surface area (Å²) in [6, 6.07) is 17.8. The van der Waals surface area contributed by atoms with Crippen molar-refractivity contribution in [1.29, 1.82) is 0 Å². The molecular weight excluding hydrogens is 214 g/mol. The van der Waals surface area contributed by atoms with E-state index in [-0.39, 0.29) is 8.41 Å². The molecule has 0 heterocycles. The van der Waals surface area contributed by atoms with Crippen LogP contribution in [0.25, 0.3) is 0 Å². The summed E-state index contributed by atoms with van der Waals surface area (Å²) in [6.07, 6.45) is 0. The molecule has 1 N–H and O–H groups in total. The van der Waals surface area contributed by atoms with E-state index >= 15 is 0 Å². The highest BCUT2D eigenvalue weighted by molar-refractivity contribution is 7.67. The molecule has 0 amide bonds. The second-order valence-corrected chi connectivity index (χ2v) is 5.14. The lowest BCUT2D eigenvalue weighted by Gasteiger charge is -2.10. The Balaban J connectivity index is 0.00000128. The van der Waals surface area contributed by atoms with E-state index in [2.05, 4.69) is 0 Å². The zero-order chi connectivity index (χ0) is 10.7. The molecule has 0 aliphatic heterocycles. The van der Waals surface area contributed by atoms with Gasteiger partial charge >= 0.3 is 0 Å². The van der Waals surface area contributed by atoms with Crippen LogP contribution in [0, 0.1) is 6.92 Å². The second kappa shape index (κ2) is 5.84. The topological polar surface area (TPSA) is 20.2 Å². The second-order valence-electron chi connectivity index (χ2n) is 3.48. The van der Waals surface area contributed by atoms with Gasteiger partial charge in [-0.2, -0.15) is 0 Å². The zero-order valence-electron chi connectivity index (χ0n) is 8.59. The lowest BCUT2D eigenvalue weighted by molar-refractivity contribution is 0.644. The Kier molecular flexibility index (Phi) is 4.73. The molecule has 0 radical (unpaired) electrons. The highest BCUT2D eigenvalue weighted by Crippen LogP contribution is 2.27. The summed E-state index contributed by atoms with van der Waals surface area (Å²) in [5, 5.41) is 2.00. The van der Waals surface area contributed by atoms with Gasteiger partial charge in [-0.1, -0.05) is 60.2 Å². The summed E-state index contributed by atoms with van der Waals surface area (Å²) >= 11 is 0. The average Bonchev–Trinajstić information content (AvgIpc) is 2.30. The Morgan fingerprint density at radius 3 is 1.88 bits per heavy atom. The molecule has 82 valence electrons. The molecule has 1 unspecified atom stereocenters. The van der Waals surface area contributed by atoms with Gasteiger partial charge in [-0.15, -0.1) is 0 Å². The molecule has 1 nitrogen and oxygen atoms in total. The molecule has 16 heavy (non-hydrogen) atoms. The van der Waals surface area contributed by atoms with Crippen molar-refractivity contribution in [2.45, 2.75) is 6.92 Å². The van der Waals surface area contributed by atoms with Gasteiger partial charge in [0.05, 0.1) is 16.6 Å². The van der Waals surface area contributed by atoms with Crippen LogP contribution in [0.3, 0.4) is 0 Å². The van der Waals surface area contributed by atoms with Gasteiger partial charge in [0.25, 0.3) is 0 Å². The number of aryl methyl sites for hydroxylation is 1. The van der Waals surface area contributed by atoms with Crippen molar-refractivity contribution >= 4 is 27.2 Å². The fraction of sp³-hybridized carbons (Fsp3) is 0.0769. The summed E-state index contributed by atoms with van der Waals surface area (Å²) in [4.78, 5) is 10.1. The van der Waals surface area contributed by atoms with Crippen LogP contribution in [0.4, 0.5) is 0 Å². The van der Waals surface area contributed by atoms with Gasteiger partial charge in [-0.25, -0.2) is 0 Å². The van der Waals surface area contributed by atoms with Crippen LogP contribution in [0.2, 0.25) is 0 Å². The van der Waals surface area contributed by atoms with E-state index in [0.29, 0.717) is 0 Å². The average molecular weight is 230 g/mol. The number of benzene rings is 2. The minimum absolute atomic E-state index is 0. The molecule has 0 saturated carbocycles. The Bertz CT molecular complexity index is 427. The van der Waals surface area contributed by atoms with Gasteiger partial charge in [0.2, 0.25) is 0 Å². The fourth-order valence-corrected chi connectivity index (χ4v) is 2.59. The van der Waals surface area contributed by atoms with Gasteiger partial charge in [0.1, 0.15) is 0 Å². The van der Waals surface area contributed by atoms with Gasteiger partial charge in [0.15, 0.2) is 0 Å². The SMILES string of the molecule is B.Cc1ccc(P(O)c2ccccc2)cc1. The van der Waals surface area contributed by atoms with Crippen molar-refractivity contribution in [2.24, 2.45) is 0 Å². The predicted molar refractivity (Wildman–Crippen MR) is 76.0 cm³/mol. The van der Waals surface area contributed by atoms with Crippen LogP contribution in [0.5, 0.6) is 0 Å². The Labute approximate surface area is 99.6 Å². The van der Waals surface area contributed by atoms with Gasteiger partial charge < -0.3 is 4.89 Å². The smallest absolute Gasteiger partial charge is 0.0877 e. The van der Waals surface area contributed by atoms with Crippen LogP contribution in [0.15, 0.2) is 54.6 Å². The monoisotopic (exact) mass is 230 g/mol. The predicted octanol–water partition coefficient (Wildman–Crippen LogP) is 1.15. The van der Waals surface area contributed by atoms with Crippen LogP contribution in [-0.2, 0) is 0 Å².